The number of hydrogen-bond donors (Lipinski definition) is 0. The highest BCUT2D eigenvalue weighted by Gasteiger charge is 2.36. The minimum absolute atomic E-state index is 0.0699. The van der Waals surface area contributed by atoms with Crippen LogP contribution in [0.2, 0.25) is 0 Å². The molecule has 0 amide bonds. The zero-order valence-corrected chi connectivity index (χ0v) is 18.4. The topological polar surface area (TPSA) is 83.8 Å². The molecule has 0 bridgehead atoms. The van der Waals surface area contributed by atoms with Gasteiger partial charge in [-0.25, -0.2) is 8.42 Å². The van der Waals surface area contributed by atoms with Gasteiger partial charge in [-0.15, -0.1) is 0 Å². The van der Waals surface area contributed by atoms with Crippen molar-refractivity contribution in [3.8, 4) is 0 Å². The standard InChI is InChI=1S/C24H25N3O4S/c28-27(29)22-11-13-24(14-12-22)32(30,31)26(18-21-9-5-2-6-10-21)23-15-16-25(19-23)17-20-7-3-1-4-8-20/h1-14,23H,15-19H2. The van der Waals surface area contributed by atoms with Crippen molar-refractivity contribution >= 4 is 15.7 Å². The Labute approximate surface area is 188 Å². The molecule has 1 unspecified atom stereocenters. The summed E-state index contributed by atoms with van der Waals surface area (Å²) in [5, 5.41) is 11.0. The minimum Gasteiger partial charge on any atom is -0.297 e. The average molecular weight is 452 g/mol. The third kappa shape index (κ3) is 5.04. The van der Waals surface area contributed by atoms with Gasteiger partial charge in [0.05, 0.1) is 9.82 Å². The lowest BCUT2D eigenvalue weighted by atomic mass is 10.2. The largest absolute Gasteiger partial charge is 0.297 e. The lowest BCUT2D eigenvalue weighted by Crippen LogP contribution is -2.41. The van der Waals surface area contributed by atoms with Crippen LogP contribution in [-0.2, 0) is 23.1 Å². The van der Waals surface area contributed by atoms with E-state index in [9.17, 15) is 18.5 Å². The van der Waals surface area contributed by atoms with Crippen molar-refractivity contribution in [2.45, 2.75) is 30.4 Å². The van der Waals surface area contributed by atoms with Crippen LogP contribution < -0.4 is 0 Å². The Hall–Kier alpha value is -3.07. The summed E-state index contributed by atoms with van der Waals surface area (Å²) in [6.45, 7) is 2.46. The van der Waals surface area contributed by atoms with E-state index < -0.39 is 14.9 Å². The second-order valence-electron chi connectivity index (χ2n) is 7.95. The Morgan fingerprint density at radius 1 is 0.906 bits per heavy atom. The van der Waals surface area contributed by atoms with Crippen molar-refractivity contribution in [3.63, 3.8) is 0 Å². The lowest BCUT2D eigenvalue weighted by molar-refractivity contribution is -0.384. The number of nitro groups is 1. The Balaban J connectivity index is 1.59. The van der Waals surface area contributed by atoms with Crippen LogP contribution in [-0.4, -0.2) is 41.7 Å². The van der Waals surface area contributed by atoms with Crippen molar-refractivity contribution in [2.24, 2.45) is 0 Å². The second-order valence-corrected chi connectivity index (χ2v) is 9.84. The van der Waals surface area contributed by atoms with Gasteiger partial charge in [-0.05, 0) is 29.7 Å². The van der Waals surface area contributed by atoms with Crippen LogP contribution in [0.4, 0.5) is 5.69 Å². The number of benzene rings is 3. The summed E-state index contributed by atoms with van der Waals surface area (Å²) < 4.78 is 28.8. The van der Waals surface area contributed by atoms with Crippen LogP contribution in [0.1, 0.15) is 17.5 Å². The van der Waals surface area contributed by atoms with Crippen molar-refractivity contribution in [1.29, 1.82) is 0 Å². The van der Waals surface area contributed by atoms with Crippen molar-refractivity contribution in [1.82, 2.24) is 9.21 Å². The quantitative estimate of drug-likeness (QED) is 0.381. The number of non-ortho nitro benzene ring substituents is 1. The zero-order chi connectivity index (χ0) is 22.6. The highest BCUT2D eigenvalue weighted by molar-refractivity contribution is 7.89. The molecule has 166 valence electrons. The van der Waals surface area contributed by atoms with Gasteiger partial charge in [-0.2, -0.15) is 4.31 Å². The van der Waals surface area contributed by atoms with Crippen LogP contribution in [0, 0.1) is 10.1 Å². The highest BCUT2D eigenvalue weighted by atomic mass is 32.2. The molecule has 7 nitrogen and oxygen atoms in total. The fourth-order valence-corrected chi connectivity index (χ4v) is 5.72. The third-order valence-electron chi connectivity index (χ3n) is 5.74. The zero-order valence-electron chi connectivity index (χ0n) is 17.6. The molecule has 3 aromatic rings. The van der Waals surface area contributed by atoms with Gasteiger partial charge in [0.15, 0.2) is 0 Å². The summed E-state index contributed by atoms with van der Waals surface area (Å²) in [5.74, 6) is 0. The molecular formula is C24H25N3O4S. The van der Waals surface area contributed by atoms with E-state index in [1.165, 1.54) is 29.8 Å². The molecule has 8 heteroatoms. The summed E-state index contributed by atoms with van der Waals surface area (Å²) in [4.78, 5) is 12.8. The fourth-order valence-electron chi connectivity index (χ4n) is 4.08. The van der Waals surface area contributed by atoms with Crippen LogP contribution in [0.15, 0.2) is 89.8 Å². The maximum atomic E-state index is 13.6. The van der Waals surface area contributed by atoms with Gasteiger partial charge < -0.3 is 0 Å². The van der Waals surface area contributed by atoms with Gasteiger partial charge in [0, 0.05) is 44.4 Å². The lowest BCUT2D eigenvalue weighted by Gasteiger charge is -2.28. The molecule has 1 fully saturated rings. The first-order valence-corrected chi connectivity index (χ1v) is 11.9. The van der Waals surface area contributed by atoms with Crippen LogP contribution in [0.5, 0.6) is 0 Å². The molecule has 1 saturated heterocycles. The molecule has 1 atom stereocenters. The molecule has 0 aliphatic carbocycles. The molecule has 1 heterocycles. The summed E-state index contributed by atoms with van der Waals surface area (Å²) in [6.07, 6.45) is 0.728. The Bertz CT molecular complexity index is 1150. The number of nitrogens with zero attached hydrogens (tertiary/aromatic N) is 3. The molecule has 0 N–H and O–H groups in total. The molecule has 4 rings (SSSR count). The maximum Gasteiger partial charge on any atom is 0.269 e. The maximum absolute atomic E-state index is 13.6. The van der Waals surface area contributed by atoms with E-state index in [0.29, 0.717) is 6.54 Å². The van der Waals surface area contributed by atoms with E-state index in [-0.39, 0.29) is 23.2 Å². The predicted molar refractivity (Wildman–Crippen MR) is 122 cm³/mol. The van der Waals surface area contributed by atoms with Crippen LogP contribution >= 0.6 is 0 Å². The van der Waals surface area contributed by atoms with E-state index in [2.05, 4.69) is 17.0 Å². The number of likely N-dealkylation sites (tertiary alicyclic amines) is 1. The third-order valence-corrected chi connectivity index (χ3v) is 7.65. The molecule has 1 aliphatic rings. The van der Waals surface area contributed by atoms with Crippen molar-refractivity contribution in [2.75, 3.05) is 13.1 Å². The smallest absolute Gasteiger partial charge is 0.269 e. The SMILES string of the molecule is O=[N+]([O-])c1ccc(S(=O)(=O)N(Cc2ccccc2)C2CCN(Cc3ccccc3)C2)cc1. The van der Waals surface area contributed by atoms with E-state index in [0.717, 1.165) is 25.1 Å². The normalized spacial score (nSPS) is 17.0. The predicted octanol–water partition coefficient (Wildman–Crippen LogP) is 4.06. The van der Waals surface area contributed by atoms with Gasteiger partial charge in [0.1, 0.15) is 0 Å². The molecule has 3 aromatic carbocycles. The molecule has 0 spiro atoms. The first kappa shape index (κ1) is 22.1. The first-order chi connectivity index (χ1) is 15.4. The van der Waals surface area contributed by atoms with Gasteiger partial charge in [0.25, 0.3) is 5.69 Å². The fraction of sp³-hybridized carbons (Fsp3) is 0.250. The molecular weight excluding hydrogens is 426 g/mol. The first-order valence-electron chi connectivity index (χ1n) is 10.5. The monoisotopic (exact) mass is 451 g/mol. The Morgan fingerprint density at radius 2 is 1.50 bits per heavy atom. The number of hydrogen-bond acceptors (Lipinski definition) is 5. The van der Waals surface area contributed by atoms with Gasteiger partial charge >= 0.3 is 0 Å². The van der Waals surface area contributed by atoms with Gasteiger partial charge in [-0.1, -0.05) is 60.7 Å². The van der Waals surface area contributed by atoms with Crippen molar-refractivity contribution < 1.29 is 13.3 Å². The van der Waals surface area contributed by atoms with Crippen molar-refractivity contribution in [3.05, 3.63) is 106 Å². The van der Waals surface area contributed by atoms with Gasteiger partial charge in [-0.3, -0.25) is 15.0 Å². The van der Waals surface area contributed by atoms with Gasteiger partial charge in [0.2, 0.25) is 10.0 Å². The van der Waals surface area contributed by atoms with E-state index in [4.69, 9.17) is 0 Å². The number of sulfonamides is 1. The summed E-state index contributed by atoms with van der Waals surface area (Å²) in [6, 6.07) is 24.6. The molecule has 0 saturated carbocycles. The van der Waals surface area contributed by atoms with Crippen LogP contribution in [0.25, 0.3) is 0 Å². The molecule has 0 radical (unpaired) electrons. The number of nitro benzene ring substituents is 1. The summed E-state index contributed by atoms with van der Waals surface area (Å²) in [5.41, 5.74) is 1.97. The van der Waals surface area contributed by atoms with E-state index in [1.54, 1.807) is 4.31 Å². The Kier molecular flexibility index (Phi) is 6.64. The average Bonchev–Trinajstić information content (AvgIpc) is 3.26. The van der Waals surface area contributed by atoms with Crippen LogP contribution in [0.3, 0.4) is 0 Å². The molecule has 0 aromatic heterocycles. The highest BCUT2D eigenvalue weighted by Crippen LogP contribution is 2.28. The summed E-state index contributed by atoms with van der Waals surface area (Å²) in [7, 11) is -3.84. The van der Waals surface area contributed by atoms with E-state index >= 15 is 0 Å². The minimum atomic E-state index is -3.84. The number of rotatable bonds is 8. The summed E-state index contributed by atoms with van der Waals surface area (Å²) >= 11 is 0. The Morgan fingerprint density at radius 3 is 2.09 bits per heavy atom. The second kappa shape index (κ2) is 9.60. The van der Waals surface area contributed by atoms with E-state index in [1.807, 2.05) is 48.5 Å². The molecule has 1 aliphatic heterocycles. The molecule has 32 heavy (non-hydrogen) atoms.